The van der Waals surface area contributed by atoms with E-state index >= 15 is 0 Å². The Labute approximate surface area is 182 Å². The van der Waals surface area contributed by atoms with Gasteiger partial charge in [0, 0.05) is 48.7 Å². The highest BCUT2D eigenvalue weighted by molar-refractivity contribution is 6.05. The number of hydrogen-bond donors (Lipinski definition) is 0. The van der Waals surface area contributed by atoms with Crippen molar-refractivity contribution in [2.75, 3.05) is 31.1 Å². The highest BCUT2D eigenvalue weighted by Crippen LogP contribution is 2.22. The average Bonchev–Trinajstić information content (AvgIpc) is 2.86. The van der Waals surface area contributed by atoms with Crippen LogP contribution in [0, 0.1) is 5.92 Å². The first-order valence-electron chi connectivity index (χ1n) is 10.7. The highest BCUT2D eigenvalue weighted by atomic mass is 16.2. The van der Waals surface area contributed by atoms with Crippen LogP contribution >= 0.6 is 0 Å². The summed E-state index contributed by atoms with van der Waals surface area (Å²) in [4.78, 5) is 38.1. The van der Waals surface area contributed by atoms with Crippen LogP contribution in [0.5, 0.6) is 0 Å². The van der Waals surface area contributed by atoms with Gasteiger partial charge in [-0.2, -0.15) is 0 Å². The largest absolute Gasteiger partial charge is 0.306 e. The van der Waals surface area contributed by atoms with Gasteiger partial charge in [-0.05, 0) is 50.2 Å². The van der Waals surface area contributed by atoms with E-state index in [1.54, 1.807) is 41.8 Å². The molecule has 158 valence electrons. The average molecular weight is 415 g/mol. The summed E-state index contributed by atoms with van der Waals surface area (Å²) < 4.78 is 0. The maximum absolute atomic E-state index is 13.1. The fourth-order valence-electron chi connectivity index (χ4n) is 4.01. The van der Waals surface area contributed by atoms with Crippen LogP contribution in [0.4, 0.5) is 5.69 Å². The molecule has 0 aliphatic carbocycles. The standard InChI is InChI=1S/C25H26N4O2/c30-24(20-5-2-1-3-6-20)21-10-15-28(16-11-21)17-18-29(23-7-4-12-27-19-23)25(31)22-8-13-26-14-9-22/h1-9,12-14,19,21H,10-11,15-18H2. The van der Waals surface area contributed by atoms with Crippen LogP contribution in [-0.2, 0) is 0 Å². The van der Waals surface area contributed by atoms with Gasteiger partial charge in [-0.15, -0.1) is 0 Å². The van der Waals surface area contributed by atoms with Gasteiger partial charge in [0.2, 0.25) is 0 Å². The molecule has 0 spiro atoms. The Morgan fingerprint density at radius 2 is 1.61 bits per heavy atom. The number of pyridine rings is 2. The van der Waals surface area contributed by atoms with Crippen LogP contribution in [-0.4, -0.2) is 52.7 Å². The zero-order valence-corrected chi connectivity index (χ0v) is 17.4. The summed E-state index contributed by atoms with van der Waals surface area (Å²) in [6.07, 6.45) is 8.36. The van der Waals surface area contributed by atoms with E-state index in [2.05, 4.69) is 14.9 Å². The van der Waals surface area contributed by atoms with Crippen molar-refractivity contribution in [1.29, 1.82) is 0 Å². The molecule has 0 saturated carbocycles. The van der Waals surface area contributed by atoms with Gasteiger partial charge in [-0.25, -0.2) is 0 Å². The summed E-state index contributed by atoms with van der Waals surface area (Å²) in [7, 11) is 0. The quantitative estimate of drug-likeness (QED) is 0.551. The summed E-state index contributed by atoms with van der Waals surface area (Å²) in [6, 6.07) is 16.7. The van der Waals surface area contributed by atoms with E-state index in [4.69, 9.17) is 0 Å². The SMILES string of the molecule is O=C(c1ccccc1)C1CCN(CCN(C(=O)c2ccncc2)c2cccnc2)CC1. The minimum atomic E-state index is -0.0652. The third-order valence-electron chi connectivity index (χ3n) is 5.79. The second-order valence-electron chi connectivity index (χ2n) is 7.75. The lowest BCUT2D eigenvalue weighted by Crippen LogP contribution is -2.43. The first kappa shape index (κ1) is 20.9. The van der Waals surface area contributed by atoms with E-state index in [-0.39, 0.29) is 17.6 Å². The molecule has 2 aromatic heterocycles. The van der Waals surface area contributed by atoms with Gasteiger partial charge in [-0.3, -0.25) is 19.6 Å². The van der Waals surface area contributed by atoms with Gasteiger partial charge in [0.05, 0.1) is 11.9 Å². The van der Waals surface area contributed by atoms with E-state index in [9.17, 15) is 9.59 Å². The van der Waals surface area contributed by atoms with Gasteiger partial charge in [0.15, 0.2) is 5.78 Å². The number of Topliss-reactive ketones (excluding diaryl/α,β-unsaturated/α-hetero) is 1. The molecule has 1 aliphatic heterocycles. The number of piperidine rings is 1. The Hall–Kier alpha value is -3.38. The van der Waals surface area contributed by atoms with Crippen LogP contribution in [0.15, 0.2) is 79.4 Å². The second-order valence-corrected chi connectivity index (χ2v) is 7.75. The number of hydrogen-bond acceptors (Lipinski definition) is 5. The number of amides is 1. The smallest absolute Gasteiger partial charge is 0.258 e. The van der Waals surface area contributed by atoms with E-state index in [0.29, 0.717) is 12.1 Å². The van der Waals surface area contributed by atoms with Crippen molar-refractivity contribution < 1.29 is 9.59 Å². The topological polar surface area (TPSA) is 66.4 Å². The lowest BCUT2D eigenvalue weighted by molar-refractivity contribution is 0.0841. The molecule has 6 nitrogen and oxygen atoms in total. The maximum atomic E-state index is 13.1. The molecule has 4 rings (SSSR count). The normalized spacial score (nSPS) is 14.8. The molecular weight excluding hydrogens is 388 g/mol. The molecule has 0 unspecified atom stereocenters. The van der Waals surface area contributed by atoms with Crippen molar-refractivity contribution in [1.82, 2.24) is 14.9 Å². The van der Waals surface area contributed by atoms with Gasteiger partial charge in [-0.1, -0.05) is 30.3 Å². The molecule has 1 fully saturated rings. The van der Waals surface area contributed by atoms with Crippen LogP contribution in [0.2, 0.25) is 0 Å². The summed E-state index contributed by atoms with van der Waals surface area (Å²) in [5.74, 6) is 0.251. The highest BCUT2D eigenvalue weighted by Gasteiger charge is 2.26. The van der Waals surface area contributed by atoms with Gasteiger partial charge < -0.3 is 9.80 Å². The minimum Gasteiger partial charge on any atom is -0.306 e. The van der Waals surface area contributed by atoms with Crippen molar-refractivity contribution in [3.8, 4) is 0 Å². The van der Waals surface area contributed by atoms with Crippen LogP contribution in [0.3, 0.4) is 0 Å². The van der Waals surface area contributed by atoms with Crippen molar-refractivity contribution in [3.05, 3.63) is 90.5 Å². The molecule has 1 aromatic carbocycles. The molecule has 1 amide bonds. The molecule has 0 N–H and O–H groups in total. The van der Waals surface area contributed by atoms with E-state index in [1.165, 1.54) is 0 Å². The van der Waals surface area contributed by atoms with Gasteiger partial charge in [0.1, 0.15) is 0 Å². The summed E-state index contributed by atoms with van der Waals surface area (Å²) in [6.45, 7) is 3.02. The predicted octanol–water partition coefficient (Wildman–Crippen LogP) is 3.72. The van der Waals surface area contributed by atoms with Gasteiger partial charge in [0.25, 0.3) is 5.91 Å². The first-order valence-corrected chi connectivity index (χ1v) is 10.7. The van der Waals surface area contributed by atoms with Crippen LogP contribution in [0.25, 0.3) is 0 Å². The Balaban J connectivity index is 1.37. The van der Waals surface area contributed by atoms with Crippen LogP contribution in [0.1, 0.15) is 33.6 Å². The minimum absolute atomic E-state index is 0.0652. The number of anilines is 1. The van der Waals surface area contributed by atoms with E-state index in [1.807, 2.05) is 42.5 Å². The van der Waals surface area contributed by atoms with Crippen molar-refractivity contribution in [2.45, 2.75) is 12.8 Å². The molecule has 1 saturated heterocycles. The lowest BCUT2D eigenvalue weighted by atomic mass is 9.89. The Kier molecular flexibility index (Phi) is 6.79. The number of aromatic nitrogens is 2. The van der Waals surface area contributed by atoms with E-state index < -0.39 is 0 Å². The fraction of sp³-hybridized carbons (Fsp3) is 0.280. The monoisotopic (exact) mass is 414 g/mol. The summed E-state index contributed by atoms with van der Waals surface area (Å²) in [5, 5.41) is 0. The Morgan fingerprint density at radius 3 is 2.29 bits per heavy atom. The first-order chi connectivity index (χ1) is 15.2. The summed E-state index contributed by atoms with van der Waals surface area (Å²) >= 11 is 0. The molecule has 3 heterocycles. The molecule has 31 heavy (non-hydrogen) atoms. The van der Waals surface area contributed by atoms with Crippen molar-refractivity contribution >= 4 is 17.4 Å². The number of carbonyl (C=O) groups excluding carboxylic acids is 2. The van der Waals surface area contributed by atoms with E-state index in [0.717, 1.165) is 43.7 Å². The number of nitrogens with zero attached hydrogens (tertiary/aromatic N) is 4. The summed E-state index contributed by atoms with van der Waals surface area (Å²) in [5.41, 5.74) is 2.18. The van der Waals surface area contributed by atoms with Crippen molar-refractivity contribution in [3.63, 3.8) is 0 Å². The Bertz CT molecular complexity index is 988. The lowest BCUT2D eigenvalue weighted by Gasteiger charge is -2.33. The third-order valence-corrected chi connectivity index (χ3v) is 5.79. The molecular formula is C25H26N4O2. The molecule has 1 aliphatic rings. The van der Waals surface area contributed by atoms with Gasteiger partial charge >= 0.3 is 0 Å². The van der Waals surface area contributed by atoms with Crippen molar-refractivity contribution in [2.24, 2.45) is 5.92 Å². The number of rotatable bonds is 7. The second kappa shape index (κ2) is 10.1. The molecule has 0 atom stereocenters. The number of benzene rings is 1. The number of carbonyl (C=O) groups is 2. The molecule has 0 bridgehead atoms. The maximum Gasteiger partial charge on any atom is 0.258 e. The predicted molar refractivity (Wildman–Crippen MR) is 120 cm³/mol. The Morgan fingerprint density at radius 1 is 0.871 bits per heavy atom. The molecule has 3 aromatic rings. The van der Waals surface area contributed by atoms with Crippen LogP contribution < -0.4 is 4.90 Å². The number of likely N-dealkylation sites (tertiary alicyclic amines) is 1. The third kappa shape index (κ3) is 5.22. The molecule has 0 radical (unpaired) electrons. The number of ketones is 1. The fourth-order valence-corrected chi connectivity index (χ4v) is 4.01. The zero-order chi connectivity index (χ0) is 21.5. The molecule has 6 heteroatoms. The zero-order valence-electron chi connectivity index (χ0n) is 17.4.